The van der Waals surface area contributed by atoms with Crippen molar-refractivity contribution in [1.82, 2.24) is 15.3 Å². The number of carbonyl (C=O) groups is 1. The number of aromatic nitrogens is 2. The molecule has 1 unspecified atom stereocenters. The molecule has 0 aliphatic carbocycles. The molecule has 0 radical (unpaired) electrons. The van der Waals surface area contributed by atoms with E-state index in [9.17, 15) is 14.4 Å². The Kier molecular flexibility index (Phi) is 6.22. The lowest BCUT2D eigenvalue weighted by Crippen LogP contribution is -2.32. The molecule has 1 heterocycles. The Bertz CT molecular complexity index is 1040. The van der Waals surface area contributed by atoms with Crippen molar-refractivity contribution in [2.24, 2.45) is 0 Å². The second-order valence-electron chi connectivity index (χ2n) is 6.73. The maximum Gasteiger partial charge on any atom is 0.325 e. The molecule has 0 aliphatic rings. The summed E-state index contributed by atoms with van der Waals surface area (Å²) in [7, 11) is 0. The first-order chi connectivity index (χ1) is 13.5. The van der Waals surface area contributed by atoms with E-state index in [0.717, 1.165) is 11.1 Å². The number of hydrogen-bond acceptors (Lipinski definition) is 3. The average Bonchev–Trinajstić information content (AvgIpc) is 2.68. The lowest BCUT2D eigenvalue weighted by molar-refractivity contribution is -0.121. The van der Waals surface area contributed by atoms with E-state index in [-0.39, 0.29) is 24.8 Å². The van der Waals surface area contributed by atoms with E-state index in [4.69, 9.17) is 0 Å². The van der Waals surface area contributed by atoms with Gasteiger partial charge in [0.15, 0.2) is 0 Å². The Morgan fingerprint density at radius 3 is 2.25 bits per heavy atom. The minimum Gasteiger partial charge on any atom is -0.349 e. The molecule has 0 aliphatic heterocycles. The van der Waals surface area contributed by atoms with Gasteiger partial charge >= 0.3 is 5.69 Å². The third kappa shape index (κ3) is 5.07. The van der Waals surface area contributed by atoms with Crippen molar-refractivity contribution in [2.45, 2.75) is 32.2 Å². The van der Waals surface area contributed by atoms with E-state index >= 15 is 0 Å². The molecule has 1 aromatic heterocycles. The predicted octanol–water partition coefficient (Wildman–Crippen LogP) is 2.40. The van der Waals surface area contributed by atoms with E-state index in [0.29, 0.717) is 17.7 Å². The van der Waals surface area contributed by atoms with Gasteiger partial charge in [0.1, 0.15) is 0 Å². The van der Waals surface area contributed by atoms with E-state index in [1.54, 1.807) is 6.92 Å². The van der Waals surface area contributed by atoms with Gasteiger partial charge < -0.3 is 10.3 Å². The zero-order chi connectivity index (χ0) is 19.9. The van der Waals surface area contributed by atoms with Crippen molar-refractivity contribution in [1.29, 1.82) is 0 Å². The standard InChI is InChI=1S/C22H23N3O3/c1-15-18(21(27)25-22(28)23-15)12-13-20(26)24-19(17-10-6-3-7-11-17)14-16-8-4-2-5-9-16/h2-11,19H,12-14H2,1H3,(H,24,26)(H2,23,25,27,28). The molecule has 0 fully saturated rings. The molecule has 1 amide bonds. The second kappa shape index (κ2) is 8.99. The predicted molar refractivity (Wildman–Crippen MR) is 108 cm³/mol. The van der Waals surface area contributed by atoms with Crippen LogP contribution in [0.2, 0.25) is 0 Å². The van der Waals surface area contributed by atoms with Crippen molar-refractivity contribution in [3.63, 3.8) is 0 Å². The first-order valence-corrected chi connectivity index (χ1v) is 9.23. The highest BCUT2D eigenvalue weighted by atomic mass is 16.2. The molecule has 3 N–H and O–H groups in total. The fourth-order valence-electron chi connectivity index (χ4n) is 3.22. The van der Waals surface area contributed by atoms with Crippen LogP contribution >= 0.6 is 0 Å². The normalized spacial score (nSPS) is 11.8. The number of aryl methyl sites for hydroxylation is 1. The van der Waals surface area contributed by atoms with Crippen molar-refractivity contribution < 1.29 is 4.79 Å². The maximum absolute atomic E-state index is 12.6. The highest BCUT2D eigenvalue weighted by Gasteiger charge is 2.16. The third-order valence-corrected chi connectivity index (χ3v) is 4.68. The summed E-state index contributed by atoms with van der Waals surface area (Å²) >= 11 is 0. The Labute approximate surface area is 162 Å². The Balaban J connectivity index is 1.71. The molecular weight excluding hydrogens is 354 g/mol. The van der Waals surface area contributed by atoms with Crippen LogP contribution in [0.4, 0.5) is 0 Å². The number of rotatable bonds is 7. The molecule has 0 spiro atoms. The molecule has 6 nitrogen and oxygen atoms in total. The Morgan fingerprint density at radius 1 is 0.964 bits per heavy atom. The quantitative estimate of drug-likeness (QED) is 0.590. The number of H-pyrrole nitrogens is 2. The van der Waals surface area contributed by atoms with Crippen LogP contribution < -0.4 is 16.6 Å². The van der Waals surface area contributed by atoms with Gasteiger partial charge in [0.25, 0.3) is 5.56 Å². The second-order valence-corrected chi connectivity index (χ2v) is 6.73. The molecule has 28 heavy (non-hydrogen) atoms. The summed E-state index contributed by atoms with van der Waals surface area (Å²) in [6, 6.07) is 19.6. The monoisotopic (exact) mass is 377 g/mol. The first kappa shape index (κ1) is 19.4. The number of nitrogens with one attached hydrogen (secondary N) is 3. The van der Waals surface area contributed by atoms with Crippen molar-refractivity contribution >= 4 is 5.91 Å². The molecule has 0 saturated heterocycles. The van der Waals surface area contributed by atoms with E-state index in [1.165, 1.54) is 0 Å². The summed E-state index contributed by atoms with van der Waals surface area (Å²) in [5.41, 5.74) is 2.09. The Morgan fingerprint density at radius 2 is 1.61 bits per heavy atom. The van der Waals surface area contributed by atoms with Gasteiger partial charge in [-0.05, 0) is 30.9 Å². The van der Waals surface area contributed by atoms with Gasteiger partial charge in [-0.2, -0.15) is 0 Å². The number of hydrogen-bond donors (Lipinski definition) is 3. The van der Waals surface area contributed by atoms with Crippen LogP contribution in [-0.2, 0) is 17.6 Å². The van der Waals surface area contributed by atoms with Crippen molar-refractivity contribution in [3.8, 4) is 0 Å². The molecule has 6 heteroatoms. The van der Waals surface area contributed by atoms with Gasteiger partial charge in [-0.1, -0.05) is 60.7 Å². The molecule has 0 bridgehead atoms. The van der Waals surface area contributed by atoms with Gasteiger partial charge in [0, 0.05) is 17.7 Å². The van der Waals surface area contributed by atoms with E-state index < -0.39 is 11.2 Å². The number of amides is 1. The molecule has 1 atom stereocenters. The topological polar surface area (TPSA) is 94.8 Å². The smallest absolute Gasteiger partial charge is 0.325 e. The lowest BCUT2D eigenvalue weighted by Gasteiger charge is -2.19. The number of benzene rings is 2. The van der Waals surface area contributed by atoms with E-state index in [2.05, 4.69) is 15.3 Å². The number of carbonyl (C=O) groups excluding carboxylic acids is 1. The van der Waals surface area contributed by atoms with E-state index in [1.807, 2.05) is 60.7 Å². The van der Waals surface area contributed by atoms with Gasteiger partial charge in [-0.25, -0.2) is 4.79 Å². The maximum atomic E-state index is 12.6. The largest absolute Gasteiger partial charge is 0.349 e. The van der Waals surface area contributed by atoms with Gasteiger partial charge in [-0.15, -0.1) is 0 Å². The molecule has 3 rings (SSSR count). The van der Waals surface area contributed by atoms with Crippen LogP contribution in [0.3, 0.4) is 0 Å². The number of aromatic amines is 2. The zero-order valence-corrected chi connectivity index (χ0v) is 15.7. The fraction of sp³-hybridized carbons (Fsp3) is 0.227. The SMILES string of the molecule is Cc1[nH]c(=O)[nH]c(=O)c1CCC(=O)NC(Cc1ccccc1)c1ccccc1. The first-order valence-electron chi connectivity index (χ1n) is 9.23. The fourth-order valence-corrected chi connectivity index (χ4v) is 3.22. The van der Waals surface area contributed by atoms with Crippen molar-refractivity contribution in [3.05, 3.63) is 104 Å². The summed E-state index contributed by atoms with van der Waals surface area (Å²) in [4.78, 5) is 40.6. The summed E-state index contributed by atoms with van der Waals surface area (Å²) < 4.78 is 0. The van der Waals surface area contributed by atoms with Crippen LogP contribution in [0, 0.1) is 6.92 Å². The lowest BCUT2D eigenvalue weighted by atomic mass is 9.98. The van der Waals surface area contributed by atoms with Gasteiger partial charge in [0.2, 0.25) is 5.91 Å². The highest BCUT2D eigenvalue weighted by Crippen LogP contribution is 2.18. The minimum absolute atomic E-state index is 0.144. The summed E-state index contributed by atoms with van der Waals surface area (Å²) in [5, 5.41) is 3.08. The van der Waals surface area contributed by atoms with Crippen LogP contribution in [0.5, 0.6) is 0 Å². The highest BCUT2D eigenvalue weighted by molar-refractivity contribution is 5.76. The zero-order valence-electron chi connectivity index (χ0n) is 15.7. The summed E-state index contributed by atoms with van der Waals surface area (Å²) in [6.45, 7) is 1.66. The van der Waals surface area contributed by atoms with Gasteiger partial charge in [0.05, 0.1) is 6.04 Å². The molecule has 3 aromatic rings. The molecule has 0 saturated carbocycles. The molecule has 144 valence electrons. The Hall–Kier alpha value is -3.41. The molecule has 2 aromatic carbocycles. The van der Waals surface area contributed by atoms with Crippen LogP contribution in [0.25, 0.3) is 0 Å². The van der Waals surface area contributed by atoms with Crippen LogP contribution in [-0.4, -0.2) is 15.9 Å². The minimum atomic E-state index is -0.539. The average molecular weight is 377 g/mol. The summed E-state index contributed by atoms with van der Waals surface area (Å²) in [5.74, 6) is -0.144. The van der Waals surface area contributed by atoms with Crippen LogP contribution in [0.1, 0.15) is 34.8 Å². The van der Waals surface area contributed by atoms with Gasteiger partial charge in [-0.3, -0.25) is 14.6 Å². The van der Waals surface area contributed by atoms with Crippen LogP contribution in [0.15, 0.2) is 70.3 Å². The third-order valence-electron chi connectivity index (χ3n) is 4.68. The summed E-state index contributed by atoms with van der Waals surface area (Å²) in [6.07, 6.45) is 1.10. The molecular formula is C22H23N3O3. The van der Waals surface area contributed by atoms with Crippen molar-refractivity contribution in [2.75, 3.05) is 0 Å².